The molecule has 0 aliphatic carbocycles. The summed E-state index contributed by atoms with van der Waals surface area (Å²) in [6.45, 7) is 3.25. The van der Waals surface area contributed by atoms with E-state index in [-0.39, 0.29) is 11.3 Å². The fourth-order valence-corrected chi connectivity index (χ4v) is 3.25. The number of H-pyrrole nitrogens is 1. The van der Waals surface area contributed by atoms with Gasteiger partial charge in [-0.3, -0.25) is 9.59 Å². The first kappa shape index (κ1) is 14.9. The van der Waals surface area contributed by atoms with Crippen molar-refractivity contribution in [3.05, 3.63) is 58.3 Å². The van der Waals surface area contributed by atoms with Gasteiger partial charge in [-0.2, -0.15) is 0 Å². The highest BCUT2D eigenvalue weighted by Crippen LogP contribution is 2.17. The molecule has 24 heavy (non-hydrogen) atoms. The van der Waals surface area contributed by atoms with E-state index in [0.717, 1.165) is 31.7 Å². The van der Waals surface area contributed by atoms with E-state index in [1.165, 1.54) is 0 Å². The number of pyridine rings is 1. The number of nitrogens with one attached hydrogen (secondary N) is 1. The summed E-state index contributed by atoms with van der Waals surface area (Å²) in [5.74, 6) is 0.0269. The normalized spacial score (nSPS) is 16.0. The van der Waals surface area contributed by atoms with E-state index in [4.69, 9.17) is 0 Å². The molecule has 0 saturated carbocycles. The van der Waals surface area contributed by atoms with Crippen LogP contribution in [-0.4, -0.2) is 53.9 Å². The Morgan fingerprint density at radius 3 is 2.46 bits per heavy atom. The maximum absolute atomic E-state index is 12.7. The van der Waals surface area contributed by atoms with Gasteiger partial charge < -0.3 is 14.8 Å². The van der Waals surface area contributed by atoms with Gasteiger partial charge in [0.25, 0.3) is 5.91 Å². The van der Waals surface area contributed by atoms with E-state index in [1.807, 2.05) is 29.2 Å². The fraction of sp³-hybridized carbons (Fsp3) is 0.263. The van der Waals surface area contributed by atoms with Crippen LogP contribution < -0.4 is 5.43 Å². The minimum Gasteiger partial charge on any atom is -0.354 e. The van der Waals surface area contributed by atoms with Crippen LogP contribution >= 0.6 is 0 Å². The number of likely N-dealkylation sites (N-methyl/N-ethyl adjacent to an activating group) is 1. The molecule has 1 aromatic heterocycles. The summed E-state index contributed by atoms with van der Waals surface area (Å²) < 4.78 is 0. The molecule has 1 fully saturated rings. The summed E-state index contributed by atoms with van der Waals surface area (Å²) in [5.41, 5.74) is 2.12. The number of para-hydroxylation sites is 1. The van der Waals surface area contributed by atoms with Gasteiger partial charge in [-0.05, 0) is 37.4 Å². The second-order valence-corrected chi connectivity index (χ2v) is 6.36. The molecule has 122 valence electrons. The van der Waals surface area contributed by atoms with Gasteiger partial charge in [-0.25, -0.2) is 0 Å². The summed E-state index contributed by atoms with van der Waals surface area (Å²) >= 11 is 0. The molecule has 0 bridgehead atoms. The molecular formula is C19H19N3O2. The minimum absolute atomic E-state index is 0.00190. The summed E-state index contributed by atoms with van der Waals surface area (Å²) in [7, 11) is 2.06. The molecule has 1 aliphatic rings. The average Bonchev–Trinajstić information content (AvgIpc) is 2.61. The second kappa shape index (κ2) is 5.76. The molecule has 0 atom stereocenters. The van der Waals surface area contributed by atoms with Gasteiger partial charge in [-0.1, -0.05) is 12.1 Å². The van der Waals surface area contributed by atoms with Crippen molar-refractivity contribution in [3.8, 4) is 0 Å². The molecule has 5 nitrogen and oxygen atoms in total. The van der Waals surface area contributed by atoms with Crippen molar-refractivity contribution in [2.24, 2.45) is 0 Å². The Morgan fingerprint density at radius 1 is 0.958 bits per heavy atom. The number of benzene rings is 2. The lowest BCUT2D eigenvalue weighted by atomic mass is 10.1. The van der Waals surface area contributed by atoms with Gasteiger partial charge >= 0.3 is 0 Å². The molecule has 2 heterocycles. The zero-order valence-corrected chi connectivity index (χ0v) is 13.6. The van der Waals surface area contributed by atoms with Crippen molar-refractivity contribution in [2.45, 2.75) is 0 Å². The third-order valence-corrected chi connectivity index (χ3v) is 4.74. The van der Waals surface area contributed by atoms with Crippen LogP contribution in [0.15, 0.2) is 47.3 Å². The number of aromatic amines is 1. The van der Waals surface area contributed by atoms with Crippen LogP contribution in [-0.2, 0) is 0 Å². The third-order valence-electron chi connectivity index (χ3n) is 4.74. The summed E-state index contributed by atoms with van der Waals surface area (Å²) in [5, 5.41) is 1.28. The summed E-state index contributed by atoms with van der Waals surface area (Å²) in [6.07, 6.45) is 0. The van der Waals surface area contributed by atoms with Gasteiger partial charge in [-0.15, -0.1) is 0 Å². The Kier molecular flexibility index (Phi) is 3.58. The van der Waals surface area contributed by atoms with Crippen LogP contribution in [0, 0.1) is 0 Å². The van der Waals surface area contributed by atoms with Crippen molar-refractivity contribution < 1.29 is 4.79 Å². The third kappa shape index (κ3) is 2.47. The van der Waals surface area contributed by atoms with Crippen LogP contribution in [0.1, 0.15) is 10.4 Å². The number of fused-ring (bicyclic) bond motifs is 2. The van der Waals surface area contributed by atoms with Crippen molar-refractivity contribution >= 4 is 27.7 Å². The van der Waals surface area contributed by atoms with Crippen LogP contribution in [0.25, 0.3) is 21.8 Å². The van der Waals surface area contributed by atoms with Crippen molar-refractivity contribution in [1.82, 2.24) is 14.8 Å². The molecule has 5 heteroatoms. The molecule has 1 saturated heterocycles. The highest BCUT2D eigenvalue weighted by molar-refractivity contribution is 6.00. The molecule has 1 N–H and O–H groups in total. The second-order valence-electron chi connectivity index (χ2n) is 6.36. The van der Waals surface area contributed by atoms with E-state index in [9.17, 15) is 9.59 Å². The maximum atomic E-state index is 12.7. The first-order chi connectivity index (χ1) is 11.6. The number of aromatic nitrogens is 1. The molecule has 0 unspecified atom stereocenters. The number of piperazine rings is 1. The predicted octanol–water partition coefficient (Wildman–Crippen LogP) is 2.07. The Bertz CT molecular complexity index is 985. The summed E-state index contributed by atoms with van der Waals surface area (Å²) in [4.78, 5) is 32.7. The Labute approximate surface area is 139 Å². The molecule has 3 aromatic rings. The van der Waals surface area contributed by atoms with E-state index in [0.29, 0.717) is 21.9 Å². The predicted molar refractivity (Wildman–Crippen MR) is 95.5 cm³/mol. The quantitative estimate of drug-likeness (QED) is 0.698. The number of hydrogen-bond donors (Lipinski definition) is 1. The molecule has 2 aromatic carbocycles. The lowest BCUT2D eigenvalue weighted by molar-refractivity contribution is 0.0664. The Hall–Kier alpha value is -2.66. The van der Waals surface area contributed by atoms with Crippen LogP contribution in [0.4, 0.5) is 0 Å². The van der Waals surface area contributed by atoms with E-state index in [2.05, 4.69) is 16.9 Å². The average molecular weight is 321 g/mol. The number of rotatable bonds is 1. The Balaban J connectivity index is 1.76. The highest BCUT2D eigenvalue weighted by Gasteiger charge is 2.20. The van der Waals surface area contributed by atoms with Crippen molar-refractivity contribution in [1.29, 1.82) is 0 Å². The number of amides is 1. The highest BCUT2D eigenvalue weighted by atomic mass is 16.2. The van der Waals surface area contributed by atoms with Crippen molar-refractivity contribution in [3.63, 3.8) is 0 Å². The molecule has 1 amide bonds. The number of carbonyl (C=O) groups excluding carboxylic acids is 1. The van der Waals surface area contributed by atoms with Gasteiger partial charge in [0, 0.05) is 48.0 Å². The maximum Gasteiger partial charge on any atom is 0.254 e. The van der Waals surface area contributed by atoms with Crippen molar-refractivity contribution in [2.75, 3.05) is 33.2 Å². The van der Waals surface area contributed by atoms with Gasteiger partial charge in [0.05, 0.1) is 5.52 Å². The smallest absolute Gasteiger partial charge is 0.254 e. The molecule has 0 spiro atoms. The Morgan fingerprint density at radius 2 is 1.67 bits per heavy atom. The zero-order valence-electron chi connectivity index (χ0n) is 13.6. The largest absolute Gasteiger partial charge is 0.354 e. The standard InChI is InChI=1S/C19H19N3O2/c1-21-8-10-22(11-9-21)19(24)13-6-7-15-17(12-13)20-16-5-3-2-4-14(16)18(15)23/h2-7,12H,8-11H2,1H3,(H,20,23). The zero-order chi connectivity index (χ0) is 16.7. The molecular weight excluding hydrogens is 302 g/mol. The van der Waals surface area contributed by atoms with Crippen LogP contribution in [0.2, 0.25) is 0 Å². The first-order valence-corrected chi connectivity index (χ1v) is 8.16. The van der Waals surface area contributed by atoms with Gasteiger partial charge in [0.15, 0.2) is 5.43 Å². The van der Waals surface area contributed by atoms with E-state index >= 15 is 0 Å². The van der Waals surface area contributed by atoms with E-state index in [1.54, 1.807) is 18.2 Å². The topological polar surface area (TPSA) is 56.4 Å². The lowest BCUT2D eigenvalue weighted by Crippen LogP contribution is -2.47. The van der Waals surface area contributed by atoms with Gasteiger partial charge in [0.1, 0.15) is 0 Å². The van der Waals surface area contributed by atoms with E-state index < -0.39 is 0 Å². The number of nitrogens with zero attached hydrogens (tertiary/aromatic N) is 2. The van der Waals surface area contributed by atoms with Gasteiger partial charge in [0.2, 0.25) is 0 Å². The first-order valence-electron chi connectivity index (χ1n) is 8.16. The minimum atomic E-state index is -0.00190. The lowest BCUT2D eigenvalue weighted by Gasteiger charge is -2.32. The monoisotopic (exact) mass is 321 g/mol. The van der Waals surface area contributed by atoms with Crippen LogP contribution in [0.3, 0.4) is 0 Å². The molecule has 4 rings (SSSR count). The summed E-state index contributed by atoms with van der Waals surface area (Å²) in [6, 6.07) is 12.8. The van der Waals surface area contributed by atoms with Crippen LogP contribution in [0.5, 0.6) is 0 Å². The molecule has 0 radical (unpaired) electrons. The number of carbonyl (C=O) groups is 1. The fourth-order valence-electron chi connectivity index (χ4n) is 3.25. The SMILES string of the molecule is CN1CCN(C(=O)c2ccc3c(=O)c4ccccc4[nH]c3c2)CC1. The number of hydrogen-bond acceptors (Lipinski definition) is 3. The molecule has 1 aliphatic heterocycles.